The van der Waals surface area contributed by atoms with Crippen LogP contribution in [0.15, 0.2) is 83.5 Å². The van der Waals surface area contributed by atoms with E-state index in [-0.39, 0.29) is 5.69 Å². The molecule has 5 rings (SSSR count). The summed E-state index contributed by atoms with van der Waals surface area (Å²) in [6, 6.07) is 19.3. The van der Waals surface area contributed by atoms with Gasteiger partial charge in [0.25, 0.3) is 0 Å². The number of aryl methyl sites for hydroxylation is 1. The van der Waals surface area contributed by atoms with Crippen LogP contribution in [0.2, 0.25) is 0 Å². The molecule has 1 heterocycles. The van der Waals surface area contributed by atoms with Crippen LogP contribution in [-0.4, -0.2) is 13.0 Å². The maximum Gasteiger partial charge on any atom is 0.248 e. The number of fused-ring (bicyclic) bond motifs is 2. The van der Waals surface area contributed by atoms with Crippen LogP contribution in [-0.2, 0) is 4.79 Å². The first-order valence-electron chi connectivity index (χ1n) is 11.4. The molecule has 0 fully saturated rings. The number of rotatable bonds is 5. The minimum absolute atomic E-state index is 0.0996. The Morgan fingerprint density at radius 2 is 1.78 bits per heavy atom. The lowest BCUT2D eigenvalue weighted by Crippen LogP contribution is -2.10. The van der Waals surface area contributed by atoms with Crippen LogP contribution in [0.3, 0.4) is 0 Å². The fourth-order valence-electron chi connectivity index (χ4n) is 4.49. The Morgan fingerprint density at radius 1 is 1.00 bits per heavy atom. The molecule has 1 N–H and O–H groups in total. The second-order valence-corrected chi connectivity index (χ2v) is 8.61. The van der Waals surface area contributed by atoms with Crippen molar-refractivity contribution in [1.29, 1.82) is 0 Å². The number of benzene rings is 4. The molecule has 1 amide bonds. The molecular weight excluding hydrogens is 460 g/mol. The monoisotopic (exact) mass is 483 g/mol. The lowest BCUT2D eigenvalue weighted by atomic mass is 9.95. The zero-order chi connectivity index (χ0) is 25.4. The van der Waals surface area contributed by atoms with Crippen molar-refractivity contribution in [3.8, 4) is 16.9 Å². The van der Waals surface area contributed by atoms with Gasteiger partial charge in [0, 0.05) is 34.2 Å². The Kier molecular flexibility index (Phi) is 6.02. The molecule has 5 aromatic rings. The van der Waals surface area contributed by atoms with Gasteiger partial charge in [0.1, 0.15) is 23.0 Å². The van der Waals surface area contributed by atoms with Gasteiger partial charge in [-0.3, -0.25) is 4.79 Å². The smallest absolute Gasteiger partial charge is 0.248 e. The number of halogens is 2. The predicted octanol–water partition coefficient (Wildman–Crippen LogP) is 7.89. The molecule has 0 saturated heterocycles. The molecule has 36 heavy (non-hydrogen) atoms. The SMILES string of the molecule is COc1c(/C(C)=C/C(=O)Nc2ccc(F)cc2F)cc2c(-c3ccc4ccccc4c3)coc2c1C. The van der Waals surface area contributed by atoms with Crippen LogP contribution < -0.4 is 10.1 Å². The Labute approximate surface area is 206 Å². The summed E-state index contributed by atoms with van der Waals surface area (Å²) in [5.41, 5.74) is 4.65. The van der Waals surface area contributed by atoms with E-state index in [1.54, 1.807) is 20.3 Å². The van der Waals surface area contributed by atoms with Gasteiger partial charge in [-0.25, -0.2) is 8.78 Å². The van der Waals surface area contributed by atoms with Gasteiger partial charge in [-0.1, -0.05) is 36.4 Å². The van der Waals surface area contributed by atoms with Gasteiger partial charge < -0.3 is 14.5 Å². The van der Waals surface area contributed by atoms with Gasteiger partial charge in [-0.05, 0) is 60.0 Å². The number of allylic oxidation sites excluding steroid dienone is 1. The summed E-state index contributed by atoms with van der Waals surface area (Å²) in [5.74, 6) is -1.52. The van der Waals surface area contributed by atoms with E-state index in [9.17, 15) is 13.6 Å². The first-order valence-corrected chi connectivity index (χ1v) is 11.4. The largest absolute Gasteiger partial charge is 0.496 e. The van der Waals surface area contributed by atoms with E-state index in [0.717, 1.165) is 45.0 Å². The number of carbonyl (C=O) groups is 1. The number of hydrogen-bond donors (Lipinski definition) is 1. The maximum atomic E-state index is 14.0. The quantitative estimate of drug-likeness (QED) is 0.259. The topological polar surface area (TPSA) is 51.5 Å². The summed E-state index contributed by atoms with van der Waals surface area (Å²) in [7, 11) is 1.56. The van der Waals surface area contributed by atoms with E-state index < -0.39 is 17.5 Å². The number of methoxy groups -OCH3 is 1. The summed E-state index contributed by atoms with van der Waals surface area (Å²) < 4.78 is 38.8. The number of amides is 1. The number of hydrogen-bond acceptors (Lipinski definition) is 3. The molecular formula is C30H23F2NO3. The number of ether oxygens (including phenoxy) is 1. The summed E-state index contributed by atoms with van der Waals surface area (Å²) in [6.07, 6.45) is 3.09. The molecule has 6 heteroatoms. The average Bonchev–Trinajstić information content (AvgIpc) is 3.29. The third-order valence-electron chi connectivity index (χ3n) is 6.27. The highest BCUT2D eigenvalue weighted by Crippen LogP contribution is 2.41. The Hall–Kier alpha value is -4.45. The molecule has 0 radical (unpaired) electrons. The lowest BCUT2D eigenvalue weighted by molar-refractivity contribution is -0.111. The van der Waals surface area contributed by atoms with E-state index in [2.05, 4.69) is 35.6 Å². The molecule has 0 spiro atoms. The zero-order valence-electron chi connectivity index (χ0n) is 20.0. The number of carbonyl (C=O) groups excluding carboxylic acids is 1. The van der Waals surface area contributed by atoms with Crippen molar-refractivity contribution in [3.05, 3.63) is 102 Å². The fourth-order valence-corrected chi connectivity index (χ4v) is 4.49. The zero-order valence-corrected chi connectivity index (χ0v) is 20.0. The van der Waals surface area contributed by atoms with E-state index in [1.807, 2.05) is 25.1 Å². The minimum atomic E-state index is -0.845. The Morgan fingerprint density at radius 3 is 2.53 bits per heavy atom. The number of anilines is 1. The van der Waals surface area contributed by atoms with Gasteiger partial charge in [0.15, 0.2) is 0 Å². The summed E-state index contributed by atoms with van der Waals surface area (Å²) in [6.45, 7) is 3.68. The highest BCUT2D eigenvalue weighted by atomic mass is 19.1. The van der Waals surface area contributed by atoms with Crippen molar-refractivity contribution in [2.45, 2.75) is 13.8 Å². The normalized spacial score (nSPS) is 11.8. The minimum Gasteiger partial charge on any atom is -0.496 e. The van der Waals surface area contributed by atoms with E-state index >= 15 is 0 Å². The molecule has 0 atom stereocenters. The second kappa shape index (κ2) is 9.30. The van der Waals surface area contributed by atoms with Crippen molar-refractivity contribution in [1.82, 2.24) is 0 Å². The van der Waals surface area contributed by atoms with Gasteiger partial charge in [0.2, 0.25) is 5.91 Å². The standard InChI is InChI=1S/C30H23F2NO3/c1-17(12-28(34)33-27-11-10-22(31)14-26(27)32)23-15-24-25(16-36-30(24)18(2)29(23)35-3)21-9-8-19-6-4-5-7-20(19)13-21/h4-16H,1-3H3,(H,33,34)/b17-12+. The van der Waals surface area contributed by atoms with E-state index in [4.69, 9.17) is 9.15 Å². The van der Waals surface area contributed by atoms with Gasteiger partial charge in [0.05, 0.1) is 19.1 Å². The number of furan rings is 1. The van der Waals surface area contributed by atoms with Crippen LogP contribution in [0.5, 0.6) is 5.75 Å². The Balaban J connectivity index is 1.57. The molecule has 4 aromatic carbocycles. The average molecular weight is 484 g/mol. The summed E-state index contributed by atoms with van der Waals surface area (Å²) >= 11 is 0. The first-order chi connectivity index (χ1) is 17.4. The van der Waals surface area contributed by atoms with E-state index in [1.165, 1.54) is 12.1 Å². The van der Waals surface area contributed by atoms with Crippen molar-refractivity contribution in [3.63, 3.8) is 0 Å². The van der Waals surface area contributed by atoms with Crippen LogP contribution in [0.25, 0.3) is 38.4 Å². The molecule has 180 valence electrons. The van der Waals surface area contributed by atoms with Crippen molar-refractivity contribution >= 4 is 38.9 Å². The second-order valence-electron chi connectivity index (χ2n) is 8.61. The van der Waals surface area contributed by atoms with Crippen LogP contribution in [0.4, 0.5) is 14.5 Å². The molecule has 0 saturated carbocycles. The predicted molar refractivity (Wildman–Crippen MR) is 139 cm³/mol. The van der Waals surface area contributed by atoms with Gasteiger partial charge >= 0.3 is 0 Å². The highest BCUT2D eigenvalue weighted by Gasteiger charge is 2.19. The summed E-state index contributed by atoms with van der Waals surface area (Å²) in [4.78, 5) is 12.6. The van der Waals surface area contributed by atoms with Crippen LogP contribution in [0, 0.1) is 18.6 Å². The van der Waals surface area contributed by atoms with Crippen LogP contribution >= 0.6 is 0 Å². The Bertz CT molecular complexity index is 1670. The lowest BCUT2D eigenvalue weighted by Gasteiger charge is -2.13. The molecule has 0 bridgehead atoms. The third kappa shape index (κ3) is 4.22. The molecule has 0 aliphatic carbocycles. The van der Waals surface area contributed by atoms with Crippen molar-refractivity contribution in [2.75, 3.05) is 12.4 Å². The maximum absolute atomic E-state index is 14.0. The number of nitrogens with one attached hydrogen (secondary N) is 1. The third-order valence-corrected chi connectivity index (χ3v) is 6.27. The summed E-state index contributed by atoms with van der Waals surface area (Å²) in [5, 5.41) is 5.61. The molecule has 0 aliphatic rings. The first kappa shape index (κ1) is 23.3. The van der Waals surface area contributed by atoms with Crippen LogP contribution in [0.1, 0.15) is 18.1 Å². The van der Waals surface area contributed by atoms with Gasteiger partial charge in [-0.15, -0.1) is 0 Å². The molecule has 4 nitrogen and oxygen atoms in total. The van der Waals surface area contributed by atoms with Gasteiger partial charge in [-0.2, -0.15) is 0 Å². The molecule has 0 aliphatic heterocycles. The van der Waals surface area contributed by atoms with Crippen molar-refractivity contribution < 1.29 is 22.7 Å². The fraction of sp³-hybridized carbons (Fsp3) is 0.100. The van der Waals surface area contributed by atoms with E-state index in [0.29, 0.717) is 22.5 Å². The van der Waals surface area contributed by atoms with Crippen molar-refractivity contribution in [2.24, 2.45) is 0 Å². The molecule has 0 unspecified atom stereocenters. The molecule has 1 aromatic heterocycles. The highest BCUT2D eigenvalue weighted by molar-refractivity contribution is 6.06.